The van der Waals surface area contributed by atoms with Crippen molar-refractivity contribution in [3.8, 4) is 0 Å². The van der Waals surface area contributed by atoms with Gasteiger partial charge in [0.2, 0.25) is 0 Å². The summed E-state index contributed by atoms with van der Waals surface area (Å²) in [5, 5.41) is 4.22. The average Bonchev–Trinajstić information content (AvgIpc) is 2.48. The fraction of sp³-hybridized carbons (Fsp3) is 0.533. The summed E-state index contributed by atoms with van der Waals surface area (Å²) in [6.07, 6.45) is 1.13. The van der Waals surface area contributed by atoms with Crippen LogP contribution in [0.1, 0.15) is 17.9 Å². The quantitative estimate of drug-likeness (QED) is 0.848. The number of methoxy groups -OCH3 is 1. The van der Waals surface area contributed by atoms with Gasteiger partial charge in [-0.15, -0.1) is 11.8 Å². The molecule has 5 heteroatoms. The summed E-state index contributed by atoms with van der Waals surface area (Å²) < 4.78 is 4.67. The molecule has 0 radical (unpaired) electrons. The van der Waals surface area contributed by atoms with Crippen LogP contribution in [0.3, 0.4) is 0 Å². The summed E-state index contributed by atoms with van der Waals surface area (Å²) in [6, 6.07) is 8.15. The second-order valence-corrected chi connectivity index (χ2v) is 6.47. The molecule has 1 aromatic carbocycles. The van der Waals surface area contributed by atoms with Crippen molar-refractivity contribution in [1.82, 2.24) is 5.32 Å². The maximum absolute atomic E-state index is 11.2. The highest BCUT2D eigenvalue weighted by Crippen LogP contribution is 2.33. The van der Waals surface area contributed by atoms with Gasteiger partial charge in [-0.2, -0.15) is 0 Å². The van der Waals surface area contributed by atoms with Crippen LogP contribution in [0.5, 0.6) is 0 Å². The molecular weight excluding hydrogens is 294 g/mol. The predicted molar refractivity (Wildman–Crippen MR) is 84.5 cm³/mol. The fourth-order valence-electron chi connectivity index (χ4n) is 2.60. The van der Waals surface area contributed by atoms with Crippen molar-refractivity contribution in [3.05, 3.63) is 34.9 Å². The number of thioether (sulfide) groups is 1. The summed E-state index contributed by atoms with van der Waals surface area (Å²) >= 11 is 7.61. The van der Waals surface area contributed by atoms with E-state index in [0.29, 0.717) is 17.6 Å². The van der Waals surface area contributed by atoms with Crippen molar-refractivity contribution < 1.29 is 9.53 Å². The molecule has 2 atom stereocenters. The lowest BCUT2D eigenvalue weighted by atomic mass is 9.82. The van der Waals surface area contributed by atoms with Crippen molar-refractivity contribution in [2.45, 2.75) is 12.3 Å². The van der Waals surface area contributed by atoms with Gasteiger partial charge in [-0.3, -0.25) is 4.79 Å². The minimum atomic E-state index is -0.151. The van der Waals surface area contributed by atoms with E-state index in [2.05, 4.69) is 22.2 Å². The molecule has 1 aliphatic rings. The molecule has 0 aromatic heterocycles. The Labute approximate surface area is 129 Å². The van der Waals surface area contributed by atoms with E-state index in [1.165, 1.54) is 12.7 Å². The molecule has 1 heterocycles. The van der Waals surface area contributed by atoms with Gasteiger partial charge >= 0.3 is 5.97 Å². The van der Waals surface area contributed by atoms with Crippen molar-refractivity contribution in [2.24, 2.45) is 5.92 Å². The highest BCUT2D eigenvalue weighted by Gasteiger charge is 2.26. The molecule has 0 spiro atoms. The highest BCUT2D eigenvalue weighted by molar-refractivity contribution is 7.99. The average molecular weight is 314 g/mol. The van der Waals surface area contributed by atoms with Gasteiger partial charge in [0.05, 0.1) is 12.9 Å². The third kappa shape index (κ3) is 4.40. The Kier molecular flexibility index (Phi) is 6.20. The van der Waals surface area contributed by atoms with Crippen LogP contribution in [-0.4, -0.2) is 37.7 Å². The van der Waals surface area contributed by atoms with E-state index in [9.17, 15) is 4.79 Å². The van der Waals surface area contributed by atoms with Crippen molar-refractivity contribution in [3.63, 3.8) is 0 Å². The van der Waals surface area contributed by atoms with Gasteiger partial charge in [0, 0.05) is 5.02 Å². The normalized spacial score (nSPS) is 22.5. The molecule has 0 amide bonds. The summed E-state index contributed by atoms with van der Waals surface area (Å²) in [4.78, 5) is 11.2. The zero-order valence-electron chi connectivity index (χ0n) is 11.6. The van der Waals surface area contributed by atoms with Crippen LogP contribution in [0.25, 0.3) is 0 Å². The van der Waals surface area contributed by atoms with Gasteiger partial charge in [0.25, 0.3) is 0 Å². The number of hydrogen-bond acceptors (Lipinski definition) is 4. The SMILES string of the molecule is COC(=O)CSC[C@H]1CNCC[C@@H]1c1ccc(Cl)cc1. The molecule has 110 valence electrons. The summed E-state index contributed by atoms with van der Waals surface area (Å²) in [5.41, 5.74) is 1.35. The summed E-state index contributed by atoms with van der Waals surface area (Å²) in [5.74, 6) is 2.33. The van der Waals surface area contributed by atoms with E-state index in [0.717, 1.165) is 30.3 Å². The second kappa shape index (κ2) is 7.91. The number of benzene rings is 1. The van der Waals surface area contributed by atoms with Gasteiger partial charge < -0.3 is 10.1 Å². The van der Waals surface area contributed by atoms with Crippen LogP contribution in [0.2, 0.25) is 5.02 Å². The summed E-state index contributed by atoms with van der Waals surface area (Å²) in [6.45, 7) is 2.05. The van der Waals surface area contributed by atoms with Crippen LogP contribution in [0.4, 0.5) is 0 Å². The van der Waals surface area contributed by atoms with E-state index in [1.807, 2.05) is 12.1 Å². The van der Waals surface area contributed by atoms with E-state index in [-0.39, 0.29) is 5.97 Å². The lowest BCUT2D eigenvalue weighted by molar-refractivity contribution is -0.137. The molecule has 0 saturated carbocycles. The monoisotopic (exact) mass is 313 g/mol. The Bertz CT molecular complexity index is 438. The third-order valence-electron chi connectivity index (χ3n) is 3.69. The van der Waals surface area contributed by atoms with Crippen molar-refractivity contribution in [2.75, 3.05) is 31.7 Å². The first kappa shape index (κ1) is 15.7. The molecule has 0 bridgehead atoms. The largest absolute Gasteiger partial charge is 0.468 e. The molecular formula is C15H20ClNO2S. The smallest absolute Gasteiger partial charge is 0.315 e. The Balaban J connectivity index is 1.94. The third-order valence-corrected chi connectivity index (χ3v) is 5.04. The second-order valence-electron chi connectivity index (χ2n) is 5.00. The first-order valence-electron chi connectivity index (χ1n) is 6.81. The van der Waals surface area contributed by atoms with Gasteiger partial charge in [-0.25, -0.2) is 0 Å². The highest BCUT2D eigenvalue weighted by atomic mass is 35.5. The number of piperidine rings is 1. The Morgan fingerprint density at radius 3 is 2.90 bits per heavy atom. The molecule has 1 N–H and O–H groups in total. The molecule has 0 aliphatic carbocycles. The molecule has 0 unspecified atom stereocenters. The van der Waals surface area contributed by atoms with Crippen LogP contribution in [0.15, 0.2) is 24.3 Å². The first-order valence-corrected chi connectivity index (χ1v) is 8.34. The number of rotatable bonds is 5. The minimum Gasteiger partial charge on any atom is -0.468 e. The zero-order valence-corrected chi connectivity index (χ0v) is 13.2. The molecule has 3 nitrogen and oxygen atoms in total. The zero-order chi connectivity index (χ0) is 14.4. The number of esters is 1. The minimum absolute atomic E-state index is 0.151. The van der Waals surface area contributed by atoms with Crippen molar-refractivity contribution >= 4 is 29.3 Å². The van der Waals surface area contributed by atoms with E-state index in [4.69, 9.17) is 11.6 Å². The Morgan fingerprint density at radius 2 is 2.20 bits per heavy atom. The molecule has 1 fully saturated rings. The standard InChI is InChI=1S/C15H20ClNO2S/c1-19-15(18)10-20-9-12-8-17-7-6-14(12)11-2-4-13(16)5-3-11/h2-5,12,14,17H,6-10H2,1H3/t12-,14-/m1/s1. The topological polar surface area (TPSA) is 38.3 Å². The Hall–Kier alpha value is -0.710. The van der Waals surface area contributed by atoms with E-state index >= 15 is 0 Å². The number of nitrogens with one attached hydrogen (secondary N) is 1. The van der Waals surface area contributed by atoms with E-state index in [1.54, 1.807) is 11.8 Å². The molecule has 1 aromatic rings. The molecule has 1 saturated heterocycles. The number of ether oxygens (including phenoxy) is 1. The van der Waals surface area contributed by atoms with Gasteiger partial charge in [0.15, 0.2) is 0 Å². The molecule has 20 heavy (non-hydrogen) atoms. The van der Waals surface area contributed by atoms with Gasteiger partial charge in [0.1, 0.15) is 0 Å². The molecule has 1 aliphatic heterocycles. The lowest BCUT2D eigenvalue weighted by Gasteiger charge is -2.32. The number of hydrogen-bond donors (Lipinski definition) is 1. The van der Waals surface area contributed by atoms with E-state index < -0.39 is 0 Å². The van der Waals surface area contributed by atoms with Crippen LogP contribution >= 0.6 is 23.4 Å². The number of halogens is 1. The molecule has 2 rings (SSSR count). The summed E-state index contributed by atoms with van der Waals surface area (Å²) in [7, 11) is 1.43. The predicted octanol–water partition coefficient (Wildman–Crippen LogP) is 2.94. The fourth-order valence-corrected chi connectivity index (χ4v) is 3.78. The first-order chi connectivity index (χ1) is 9.70. The van der Waals surface area contributed by atoms with Crippen LogP contribution < -0.4 is 5.32 Å². The maximum Gasteiger partial charge on any atom is 0.315 e. The lowest BCUT2D eigenvalue weighted by Crippen LogP contribution is -2.36. The van der Waals surface area contributed by atoms with Crippen LogP contribution in [-0.2, 0) is 9.53 Å². The Morgan fingerprint density at radius 1 is 1.45 bits per heavy atom. The van der Waals surface area contributed by atoms with Gasteiger partial charge in [-0.05, 0) is 54.8 Å². The van der Waals surface area contributed by atoms with Crippen molar-refractivity contribution in [1.29, 1.82) is 0 Å². The van der Waals surface area contributed by atoms with Crippen LogP contribution in [0, 0.1) is 5.92 Å². The number of carbonyl (C=O) groups excluding carboxylic acids is 1. The maximum atomic E-state index is 11.2. The number of carbonyl (C=O) groups is 1. The van der Waals surface area contributed by atoms with Gasteiger partial charge in [-0.1, -0.05) is 23.7 Å².